The molecule has 0 amide bonds. The van der Waals surface area contributed by atoms with Crippen LogP contribution in [0.3, 0.4) is 0 Å². The fraction of sp³-hybridized carbons (Fsp3) is 0.294. The van der Waals surface area contributed by atoms with Gasteiger partial charge in [-0.05, 0) is 61.2 Å². The van der Waals surface area contributed by atoms with Gasteiger partial charge in [-0.15, -0.1) is 0 Å². The number of aryl methyl sites for hydroxylation is 2. The zero-order valence-electron chi connectivity index (χ0n) is 11.5. The van der Waals surface area contributed by atoms with Crippen LogP contribution in [0.2, 0.25) is 5.02 Å². The first-order valence-corrected chi connectivity index (χ1v) is 6.99. The van der Waals surface area contributed by atoms with E-state index in [1.54, 1.807) is 0 Å². The van der Waals surface area contributed by atoms with Crippen molar-refractivity contribution in [1.29, 1.82) is 0 Å². The van der Waals surface area contributed by atoms with E-state index in [9.17, 15) is 0 Å². The van der Waals surface area contributed by atoms with Crippen LogP contribution in [-0.4, -0.2) is 6.54 Å². The number of hydrogen-bond acceptors (Lipinski definition) is 1. The van der Waals surface area contributed by atoms with E-state index in [1.807, 2.05) is 18.2 Å². The molecule has 2 N–H and O–H groups in total. The Labute approximate surface area is 120 Å². The number of halogens is 1. The van der Waals surface area contributed by atoms with Gasteiger partial charge in [0.05, 0.1) is 0 Å². The fourth-order valence-corrected chi connectivity index (χ4v) is 2.51. The molecule has 0 saturated carbocycles. The van der Waals surface area contributed by atoms with E-state index in [1.165, 1.54) is 22.3 Å². The van der Waals surface area contributed by atoms with Crippen molar-refractivity contribution in [3.05, 3.63) is 69.7 Å². The monoisotopic (exact) mass is 273 g/mol. The van der Waals surface area contributed by atoms with E-state index in [2.05, 4.69) is 38.1 Å². The molecule has 1 nitrogen and oxygen atoms in total. The number of nitrogens with two attached hydrogens (primary N) is 1. The van der Waals surface area contributed by atoms with Gasteiger partial charge in [0, 0.05) is 10.9 Å². The quantitative estimate of drug-likeness (QED) is 0.886. The average Bonchev–Trinajstić information content (AvgIpc) is 2.40. The van der Waals surface area contributed by atoms with Gasteiger partial charge in [0.15, 0.2) is 0 Å². The van der Waals surface area contributed by atoms with Gasteiger partial charge in [-0.3, -0.25) is 0 Å². The van der Waals surface area contributed by atoms with Crippen molar-refractivity contribution in [2.24, 2.45) is 5.73 Å². The zero-order chi connectivity index (χ0) is 13.8. The molecular weight excluding hydrogens is 254 g/mol. The predicted molar refractivity (Wildman–Crippen MR) is 82.9 cm³/mol. The third kappa shape index (κ3) is 3.59. The Hall–Kier alpha value is -1.31. The van der Waals surface area contributed by atoms with E-state index in [0.717, 1.165) is 11.4 Å². The standard InChI is InChI=1S/C17H20ClN/c1-12-6-7-14(8-13(12)2)9-16(11-19)15-4-3-5-17(18)10-15/h3-8,10,16H,9,11,19H2,1-2H3. The van der Waals surface area contributed by atoms with E-state index in [0.29, 0.717) is 12.5 Å². The van der Waals surface area contributed by atoms with Crippen LogP contribution in [0.4, 0.5) is 0 Å². The molecule has 100 valence electrons. The van der Waals surface area contributed by atoms with Gasteiger partial charge in [0.2, 0.25) is 0 Å². The highest BCUT2D eigenvalue weighted by Gasteiger charge is 2.11. The third-order valence-electron chi connectivity index (χ3n) is 3.66. The summed E-state index contributed by atoms with van der Waals surface area (Å²) in [5.74, 6) is 0.320. The van der Waals surface area contributed by atoms with Crippen LogP contribution in [0.1, 0.15) is 28.2 Å². The summed E-state index contributed by atoms with van der Waals surface area (Å²) in [6.45, 7) is 4.92. The first kappa shape index (κ1) is 14.1. The summed E-state index contributed by atoms with van der Waals surface area (Å²) in [7, 11) is 0. The summed E-state index contributed by atoms with van der Waals surface area (Å²) in [4.78, 5) is 0. The molecule has 0 fully saturated rings. The minimum atomic E-state index is 0.320. The molecular formula is C17H20ClN. The lowest BCUT2D eigenvalue weighted by atomic mass is 9.91. The van der Waals surface area contributed by atoms with Crippen molar-refractivity contribution in [3.8, 4) is 0 Å². The molecule has 1 unspecified atom stereocenters. The van der Waals surface area contributed by atoms with Gasteiger partial charge in [0.1, 0.15) is 0 Å². The van der Waals surface area contributed by atoms with Gasteiger partial charge >= 0.3 is 0 Å². The van der Waals surface area contributed by atoms with Crippen molar-refractivity contribution < 1.29 is 0 Å². The second-order valence-corrected chi connectivity index (χ2v) is 5.55. The Morgan fingerprint density at radius 1 is 1.05 bits per heavy atom. The lowest BCUT2D eigenvalue weighted by molar-refractivity contribution is 0.694. The summed E-state index contributed by atoms with van der Waals surface area (Å²) < 4.78 is 0. The summed E-state index contributed by atoms with van der Waals surface area (Å²) in [6, 6.07) is 14.6. The van der Waals surface area contributed by atoms with Crippen LogP contribution in [0.15, 0.2) is 42.5 Å². The molecule has 0 aromatic heterocycles. The van der Waals surface area contributed by atoms with Crippen LogP contribution in [0.25, 0.3) is 0 Å². The zero-order valence-corrected chi connectivity index (χ0v) is 12.2. The highest BCUT2D eigenvalue weighted by Crippen LogP contribution is 2.23. The second-order valence-electron chi connectivity index (χ2n) is 5.11. The van der Waals surface area contributed by atoms with Crippen LogP contribution < -0.4 is 5.73 Å². The van der Waals surface area contributed by atoms with Crippen molar-refractivity contribution in [1.82, 2.24) is 0 Å². The lowest BCUT2D eigenvalue weighted by Gasteiger charge is -2.16. The number of hydrogen-bond donors (Lipinski definition) is 1. The molecule has 2 heteroatoms. The molecule has 0 aliphatic carbocycles. The van der Waals surface area contributed by atoms with Crippen LogP contribution in [-0.2, 0) is 6.42 Å². The molecule has 2 aromatic rings. The van der Waals surface area contributed by atoms with E-state index < -0.39 is 0 Å². The van der Waals surface area contributed by atoms with Crippen LogP contribution in [0, 0.1) is 13.8 Å². The van der Waals surface area contributed by atoms with Gasteiger partial charge < -0.3 is 5.73 Å². The van der Waals surface area contributed by atoms with Gasteiger partial charge in [-0.2, -0.15) is 0 Å². The van der Waals surface area contributed by atoms with E-state index in [4.69, 9.17) is 17.3 Å². The maximum Gasteiger partial charge on any atom is 0.0408 e. The summed E-state index contributed by atoms with van der Waals surface area (Å²) in [6.07, 6.45) is 0.956. The first-order valence-electron chi connectivity index (χ1n) is 6.62. The van der Waals surface area contributed by atoms with Crippen LogP contribution in [0.5, 0.6) is 0 Å². The Kier molecular flexibility index (Phi) is 4.62. The molecule has 0 radical (unpaired) electrons. The van der Waals surface area contributed by atoms with Crippen molar-refractivity contribution in [2.45, 2.75) is 26.2 Å². The fourth-order valence-electron chi connectivity index (χ4n) is 2.31. The minimum absolute atomic E-state index is 0.320. The molecule has 1 atom stereocenters. The Morgan fingerprint density at radius 3 is 2.47 bits per heavy atom. The molecule has 0 bridgehead atoms. The smallest absolute Gasteiger partial charge is 0.0408 e. The van der Waals surface area contributed by atoms with E-state index >= 15 is 0 Å². The van der Waals surface area contributed by atoms with Crippen LogP contribution >= 0.6 is 11.6 Å². The Bertz CT molecular complexity index is 563. The second kappa shape index (κ2) is 6.23. The van der Waals surface area contributed by atoms with Crippen molar-refractivity contribution in [2.75, 3.05) is 6.54 Å². The largest absolute Gasteiger partial charge is 0.330 e. The Morgan fingerprint density at radius 2 is 1.84 bits per heavy atom. The van der Waals surface area contributed by atoms with Gasteiger partial charge in [-0.25, -0.2) is 0 Å². The molecule has 0 saturated heterocycles. The van der Waals surface area contributed by atoms with Gasteiger partial charge in [-0.1, -0.05) is 41.9 Å². The summed E-state index contributed by atoms with van der Waals surface area (Å²) >= 11 is 6.05. The SMILES string of the molecule is Cc1ccc(CC(CN)c2cccc(Cl)c2)cc1C. The maximum absolute atomic E-state index is 6.05. The van der Waals surface area contributed by atoms with Crippen molar-refractivity contribution in [3.63, 3.8) is 0 Å². The Balaban J connectivity index is 2.21. The highest BCUT2D eigenvalue weighted by atomic mass is 35.5. The van der Waals surface area contributed by atoms with E-state index in [-0.39, 0.29) is 0 Å². The molecule has 2 rings (SSSR count). The normalized spacial score (nSPS) is 12.4. The molecule has 0 heterocycles. The molecule has 19 heavy (non-hydrogen) atoms. The number of benzene rings is 2. The molecule has 0 aliphatic heterocycles. The summed E-state index contributed by atoms with van der Waals surface area (Å²) in [5.41, 5.74) is 11.1. The highest BCUT2D eigenvalue weighted by molar-refractivity contribution is 6.30. The summed E-state index contributed by atoms with van der Waals surface area (Å²) in [5, 5.41) is 0.774. The number of rotatable bonds is 4. The average molecular weight is 274 g/mol. The topological polar surface area (TPSA) is 26.0 Å². The first-order chi connectivity index (χ1) is 9.10. The minimum Gasteiger partial charge on any atom is -0.330 e. The third-order valence-corrected chi connectivity index (χ3v) is 3.89. The predicted octanol–water partition coefficient (Wildman–Crippen LogP) is 4.24. The molecule has 0 aliphatic rings. The van der Waals surface area contributed by atoms with Gasteiger partial charge in [0.25, 0.3) is 0 Å². The van der Waals surface area contributed by atoms with Crippen molar-refractivity contribution >= 4 is 11.6 Å². The lowest BCUT2D eigenvalue weighted by Crippen LogP contribution is -2.15. The molecule has 0 spiro atoms. The maximum atomic E-state index is 6.05. The molecule has 2 aromatic carbocycles.